The molecule has 1 nitrogen and oxygen atoms in total. The van der Waals surface area contributed by atoms with Crippen LogP contribution in [0.25, 0.3) is 0 Å². The van der Waals surface area contributed by atoms with Crippen LogP contribution in [0.2, 0.25) is 0 Å². The highest BCUT2D eigenvalue weighted by molar-refractivity contribution is 5.59. The van der Waals surface area contributed by atoms with Crippen LogP contribution in [-0.2, 0) is 0 Å². The molecule has 2 aliphatic carbocycles. The van der Waals surface area contributed by atoms with Gasteiger partial charge < -0.3 is 5.32 Å². The molecule has 0 aliphatic heterocycles. The SMILES string of the molecule is CC12C=CC=C(Nc3ccccc3)C1=CC=CC2. The van der Waals surface area contributed by atoms with Gasteiger partial charge in [-0.25, -0.2) is 0 Å². The summed E-state index contributed by atoms with van der Waals surface area (Å²) in [6.07, 6.45) is 14.3. The molecule has 0 radical (unpaired) electrons. The van der Waals surface area contributed by atoms with Gasteiger partial charge in [0, 0.05) is 16.8 Å². The van der Waals surface area contributed by atoms with Crippen molar-refractivity contribution < 1.29 is 0 Å². The molecule has 0 amide bonds. The fourth-order valence-electron chi connectivity index (χ4n) is 2.57. The monoisotopic (exact) mass is 235 g/mol. The van der Waals surface area contributed by atoms with Crippen LogP contribution in [-0.4, -0.2) is 0 Å². The number of hydrogen-bond acceptors (Lipinski definition) is 1. The van der Waals surface area contributed by atoms with Crippen LogP contribution in [0.1, 0.15) is 13.3 Å². The Morgan fingerprint density at radius 1 is 1.06 bits per heavy atom. The van der Waals surface area contributed by atoms with Crippen molar-refractivity contribution in [3.05, 3.63) is 78.1 Å². The second-order valence-electron chi connectivity index (χ2n) is 5.06. The van der Waals surface area contributed by atoms with E-state index < -0.39 is 0 Å². The number of rotatable bonds is 2. The molecule has 0 aromatic heterocycles. The maximum Gasteiger partial charge on any atom is 0.0425 e. The van der Waals surface area contributed by atoms with Crippen molar-refractivity contribution in [3.8, 4) is 0 Å². The van der Waals surface area contributed by atoms with Gasteiger partial charge in [-0.1, -0.05) is 55.5 Å². The quantitative estimate of drug-likeness (QED) is 0.798. The Morgan fingerprint density at radius 2 is 1.89 bits per heavy atom. The highest BCUT2D eigenvalue weighted by Crippen LogP contribution is 2.42. The number of para-hydroxylation sites is 1. The summed E-state index contributed by atoms with van der Waals surface area (Å²) in [5, 5.41) is 3.51. The molecular weight excluding hydrogens is 218 g/mol. The molecule has 1 unspecified atom stereocenters. The number of anilines is 1. The van der Waals surface area contributed by atoms with E-state index >= 15 is 0 Å². The molecular formula is C17H17N. The van der Waals surface area contributed by atoms with Gasteiger partial charge in [-0.3, -0.25) is 0 Å². The molecule has 1 aromatic rings. The van der Waals surface area contributed by atoms with E-state index in [1.165, 1.54) is 11.3 Å². The first-order chi connectivity index (χ1) is 8.78. The largest absolute Gasteiger partial charge is 0.355 e. The maximum atomic E-state index is 3.51. The van der Waals surface area contributed by atoms with Gasteiger partial charge >= 0.3 is 0 Å². The van der Waals surface area contributed by atoms with Crippen LogP contribution in [0.15, 0.2) is 78.1 Å². The van der Waals surface area contributed by atoms with E-state index in [2.05, 4.69) is 73.0 Å². The minimum atomic E-state index is 0.139. The van der Waals surface area contributed by atoms with Gasteiger partial charge in [0.05, 0.1) is 0 Å². The van der Waals surface area contributed by atoms with Crippen LogP contribution in [0.5, 0.6) is 0 Å². The third-order valence-electron chi connectivity index (χ3n) is 3.63. The van der Waals surface area contributed by atoms with Crippen LogP contribution in [0.4, 0.5) is 5.69 Å². The zero-order valence-electron chi connectivity index (χ0n) is 10.6. The highest BCUT2D eigenvalue weighted by Gasteiger charge is 2.30. The van der Waals surface area contributed by atoms with Crippen LogP contribution >= 0.6 is 0 Å². The Morgan fingerprint density at radius 3 is 2.72 bits per heavy atom. The van der Waals surface area contributed by atoms with Crippen molar-refractivity contribution in [3.63, 3.8) is 0 Å². The standard InChI is InChI=1S/C17H17N/c1-17-12-6-5-10-15(17)16(11-7-13-17)18-14-8-3-2-4-9-14/h2-11,13,18H,12H2,1H3. The topological polar surface area (TPSA) is 12.0 Å². The lowest BCUT2D eigenvalue weighted by Gasteiger charge is -2.34. The summed E-state index contributed by atoms with van der Waals surface area (Å²) in [6.45, 7) is 2.29. The lowest BCUT2D eigenvalue weighted by atomic mass is 9.73. The molecule has 18 heavy (non-hydrogen) atoms. The van der Waals surface area contributed by atoms with E-state index in [9.17, 15) is 0 Å². The van der Waals surface area contributed by atoms with Crippen molar-refractivity contribution in [1.29, 1.82) is 0 Å². The predicted octanol–water partition coefficient (Wildman–Crippen LogP) is 4.44. The predicted molar refractivity (Wildman–Crippen MR) is 77.2 cm³/mol. The fourth-order valence-corrected chi connectivity index (χ4v) is 2.57. The van der Waals surface area contributed by atoms with E-state index in [0.717, 1.165) is 12.1 Å². The molecule has 1 N–H and O–H groups in total. The first-order valence-electron chi connectivity index (χ1n) is 6.37. The third kappa shape index (κ3) is 1.92. The van der Waals surface area contributed by atoms with Gasteiger partial charge in [-0.05, 0) is 30.2 Å². The molecule has 1 heteroatoms. The fraction of sp³-hybridized carbons (Fsp3) is 0.176. The molecule has 3 rings (SSSR count). The molecule has 0 saturated carbocycles. The lowest BCUT2D eigenvalue weighted by Crippen LogP contribution is -2.23. The highest BCUT2D eigenvalue weighted by atomic mass is 14.9. The van der Waals surface area contributed by atoms with Crippen molar-refractivity contribution in [2.24, 2.45) is 5.41 Å². The number of hydrogen-bond donors (Lipinski definition) is 1. The molecule has 1 aromatic carbocycles. The summed E-state index contributed by atoms with van der Waals surface area (Å²) in [6, 6.07) is 10.3. The normalized spacial score (nSPS) is 25.2. The summed E-state index contributed by atoms with van der Waals surface area (Å²) in [4.78, 5) is 0. The number of fused-ring (bicyclic) bond motifs is 1. The number of benzene rings is 1. The minimum absolute atomic E-state index is 0.139. The van der Waals surface area contributed by atoms with Crippen LogP contribution < -0.4 is 5.32 Å². The Labute approximate surface area is 108 Å². The zero-order chi connectivity index (χ0) is 12.4. The second-order valence-corrected chi connectivity index (χ2v) is 5.06. The van der Waals surface area contributed by atoms with Crippen molar-refractivity contribution in [1.82, 2.24) is 0 Å². The average molecular weight is 235 g/mol. The van der Waals surface area contributed by atoms with E-state index in [0.29, 0.717) is 0 Å². The lowest BCUT2D eigenvalue weighted by molar-refractivity contribution is 0.520. The van der Waals surface area contributed by atoms with Crippen molar-refractivity contribution >= 4 is 5.69 Å². The van der Waals surface area contributed by atoms with Gasteiger partial charge in [-0.2, -0.15) is 0 Å². The van der Waals surface area contributed by atoms with Crippen molar-refractivity contribution in [2.75, 3.05) is 5.32 Å². The average Bonchev–Trinajstić information content (AvgIpc) is 2.39. The molecule has 0 heterocycles. The summed E-state index contributed by atoms with van der Waals surface area (Å²) >= 11 is 0. The van der Waals surface area contributed by atoms with E-state index in [1.807, 2.05) is 6.07 Å². The third-order valence-corrected chi connectivity index (χ3v) is 3.63. The first-order valence-corrected chi connectivity index (χ1v) is 6.37. The van der Waals surface area contributed by atoms with Gasteiger partial charge in [0.25, 0.3) is 0 Å². The van der Waals surface area contributed by atoms with E-state index in [-0.39, 0.29) is 5.41 Å². The molecule has 0 saturated heterocycles. The van der Waals surface area contributed by atoms with Gasteiger partial charge in [0.1, 0.15) is 0 Å². The molecule has 1 atom stereocenters. The molecule has 0 bridgehead atoms. The van der Waals surface area contributed by atoms with Gasteiger partial charge in [0.2, 0.25) is 0 Å². The molecule has 0 spiro atoms. The van der Waals surface area contributed by atoms with Gasteiger partial charge in [-0.15, -0.1) is 0 Å². The number of allylic oxidation sites excluding steroid dienone is 7. The summed E-state index contributed by atoms with van der Waals surface area (Å²) in [5.74, 6) is 0. The van der Waals surface area contributed by atoms with Crippen LogP contribution in [0, 0.1) is 5.41 Å². The van der Waals surface area contributed by atoms with E-state index in [4.69, 9.17) is 0 Å². The zero-order valence-corrected chi connectivity index (χ0v) is 10.6. The molecule has 2 aliphatic rings. The second kappa shape index (κ2) is 4.34. The summed E-state index contributed by atoms with van der Waals surface area (Å²) < 4.78 is 0. The summed E-state index contributed by atoms with van der Waals surface area (Å²) in [5.41, 5.74) is 3.85. The Balaban J connectivity index is 1.93. The molecule has 0 fully saturated rings. The van der Waals surface area contributed by atoms with Crippen molar-refractivity contribution in [2.45, 2.75) is 13.3 Å². The smallest absolute Gasteiger partial charge is 0.0425 e. The molecule has 90 valence electrons. The Bertz CT molecular complexity index is 561. The minimum Gasteiger partial charge on any atom is -0.355 e. The van der Waals surface area contributed by atoms with E-state index in [1.54, 1.807) is 0 Å². The first kappa shape index (κ1) is 11.1. The Kier molecular flexibility index (Phi) is 2.67. The Hall–Kier alpha value is -2.02. The maximum absolute atomic E-state index is 3.51. The van der Waals surface area contributed by atoms with Crippen LogP contribution in [0.3, 0.4) is 0 Å². The van der Waals surface area contributed by atoms with Gasteiger partial charge in [0.15, 0.2) is 0 Å². The number of nitrogens with one attached hydrogen (secondary N) is 1. The summed E-state index contributed by atoms with van der Waals surface area (Å²) in [7, 11) is 0.